The molecule has 1 saturated heterocycles. The van der Waals surface area contributed by atoms with Crippen molar-refractivity contribution in [3.8, 4) is 11.5 Å². The Morgan fingerprint density at radius 2 is 2.11 bits per heavy atom. The van der Waals surface area contributed by atoms with E-state index in [4.69, 9.17) is 9.47 Å². The Morgan fingerprint density at radius 3 is 2.86 bits per heavy atom. The molecule has 0 radical (unpaired) electrons. The molecule has 3 aromatic rings. The number of carbonyl (C=O) groups is 1. The van der Waals surface area contributed by atoms with Crippen LogP contribution in [0.2, 0.25) is 0 Å². The molecule has 28 heavy (non-hydrogen) atoms. The van der Waals surface area contributed by atoms with Gasteiger partial charge in [-0.1, -0.05) is 0 Å². The Labute approximate surface area is 167 Å². The van der Waals surface area contributed by atoms with Crippen LogP contribution in [0.4, 0.5) is 0 Å². The molecule has 1 amide bonds. The van der Waals surface area contributed by atoms with Crippen LogP contribution in [0, 0.1) is 0 Å². The summed E-state index contributed by atoms with van der Waals surface area (Å²) < 4.78 is 11.3. The van der Waals surface area contributed by atoms with E-state index in [1.165, 1.54) is 11.3 Å². The Bertz CT molecular complexity index is 931. The van der Waals surface area contributed by atoms with Gasteiger partial charge in [0, 0.05) is 29.9 Å². The van der Waals surface area contributed by atoms with Crippen molar-refractivity contribution < 1.29 is 14.3 Å². The van der Waals surface area contributed by atoms with Gasteiger partial charge >= 0.3 is 0 Å². The quantitative estimate of drug-likeness (QED) is 0.629. The van der Waals surface area contributed by atoms with Gasteiger partial charge in [-0.2, -0.15) is 0 Å². The highest BCUT2D eigenvalue weighted by molar-refractivity contribution is 7.07. The first-order chi connectivity index (χ1) is 13.8. The number of methoxy groups -OCH3 is 1. The van der Waals surface area contributed by atoms with E-state index >= 15 is 0 Å². The molecule has 2 aromatic heterocycles. The Balaban J connectivity index is 1.52. The van der Waals surface area contributed by atoms with Crippen LogP contribution in [0.5, 0.6) is 11.5 Å². The number of aromatic nitrogens is 2. The molecule has 0 spiro atoms. The summed E-state index contributed by atoms with van der Waals surface area (Å²) in [6.07, 6.45) is 5.49. The molecule has 4 rings (SSSR count). The van der Waals surface area contributed by atoms with E-state index in [9.17, 15) is 4.79 Å². The minimum absolute atomic E-state index is 0.00339. The SMILES string of the molecule is COc1cc(C(=O)N2CCC[C@H]2c2ccncc2)ccc1OCc1cscn1. The molecule has 6 nitrogen and oxygen atoms in total. The average Bonchev–Trinajstić information content (AvgIpc) is 3.44. The zero-order chi connectivity index (χ0) is 19.3. The van der Waals surface area contributed by atoms with Crippen LogP contribution in [0.1, 0.15) is 40.5 Å². The Hall–Kier alpha value is -2.93. The normalized spacial score (nSPS) is 16.2. The number of amides is 1. The van der Waals surface area contributed by atoms with Crippen LogP contribution in [0.15, 0.2) is 53.6 Å². The van der Waals surface area contributed by atoms with Gasteiger partial charge in [-0.3, -0.25) is 9.78 Å². The molecule has 0 N–H and O–H groups in total. The lowest BCUT2D eigenvalue weighted by Crippen LogP contribution is -2.30. The van der Waals surface area contributed by atoms with Crippen LogP contribution < -0.4 is 9.47 Å². The average molecular weight is 395 g/mol. The first-order valence-corrected chi connectivity index (χ1v) is 10.1. The van der Waals surface area contributed by atoms with Crippen molar-refractivity contribution in [3.05, 3.63) is 70.4 Å². The molecule has 0 aliphatic carbocycles. The molecule has 144 valence electrons. The molecule has 1 atom stereocenters. The minimum atomic E-state index is 0.00339. The van der Waals surface area contributed by atoms with Crippen LogP contribution in [-0.2, 0) is 6.61 Å². The number of carbonyl (C=O) groups excluding carboxylic acids is 1. The van der Waals surface area contributed by atoms with Gasteiger partial charge < -0.3 is 14.4 Å². The zero-order valence-corrected chi connectivity index (χ0v) is 16.4. The molecular formula is C21H21N3O3S. The maximum Gasteiger partial charge on any atom is 0.254 e. The van der Waals surface area contributed by atoms with Crippen molar-refractivity contribution in [1.82, 2.24) is 14.9 Å². The molecule has 0 bridgehead atoms. The first-order valence-electron chi connectivity index (χ1n) is 9.15. The van der Waals surface area contributed by atoms with E-state index in [0.29, 0.717) is 23.7 Å². The van der Waals surface area contributed by atoms with E-state index < -0.39 is 0 Å². The number of nitrogens with zero attached hydrogens (tertiary/aromatic N) is 3. The lowest BCUT2D eigenvalue weighted by molar-refractivity contribution is 0.0735. The fraction of sp³-hybridized carbons (Fsp3) is 0.286. The number of benzene rings is 1. The highest BCUT2D eigenvalue weighted by Gasteiger charge is 2.31. The summed E-state index contributed by atoms with van der Waals surface area (Å²) >= 11 is 1.53. The molecule has 1 aromatic carbocycles. The third-order valence-corrected chi connectivity index (χ3v) is 5.51. The predicted molar refractivity (Wildman–Crippen MR) is 107 cm³/mol. The fourth-order valence-corrected chi connectivity index (χ4v) is 4.03. The van der Waals surface area contributed by atoms with E-state index in [1.807, 2.05) is 22.4 Å². The predicted octanol–water partition coefficient (Wildman–Crippen LogP) is 4.10. The maximum atomic E-state index is 13.2. The smallest absolute Gasteiger partial charge is 0.254 e. The summed E-state index contributed by atoms with van der Waals surface area (Å²) in [5, 5.41) is 1.94. The fourth-order valence-electron chi connectivity index (χ4n) is 3.49. The molecule has 1 aliphatic heterocycles. The summed E-state index contributed by atoms with van der Waals surface area (Å²) in [4.78, 5) is 23.4. The lowest BCUT2D eigenvalue weighted by atomic mass is 10.1. The van der Waals surface area contributed by atoms with Crippen molar-refractivity contribution in [1.29, 1.82) is 0 Å². The Morgan fingerprint density at radius 1 is 1.25 bits per heavy atom. The van der Waals surface area contributed by atoms with E-state index in [-0.39, 0.29) is 11.9 Å². The number of likely N-dealkylation sites (tertiary alicyclic amines) is 1. The van der Waals surface area contributed by atoms with E-state index in [1.54, 1.807) is 43.2 Å². The molecule has 1 fully saturated rings. The van der Waals surface area contributed by atoms with Gasteiger partial charge in [-0.05, 0) is 48.7 Å². The first kappa shape index (κ1) is 18.4. The van der Waals surface area contributed by atoms with Crippen molar-refractivity contribution in [2.45, 2.75) is 25.5 Å². The number of thiazole rings is 1. The number of hydrogen-bond acceptors (Lipinski definition) is 6. The van der Waals surface area contributed by atoms with Crippen molar-refractivity contribution in [2.24, 2.45) is 0 Å². The number of rotatable bonds is 6. The second-order valence-corrected chi connectivity index (χ2v) is 7.29. The molecule has 1 aliphatic rings. The largest absolute Gasteiger partial charge is 0.493 e. The van der Waals surface area contributed by atoms with Gasteiger partial charge in [0.15, 0.2) is 11.5 Å². The molecule has 0 saturated carbocycles. The van der Waals surface area contributed by atoms with Gasteiger partial charge in [0.05, 0.1) is 24.4 Å². The Kier molecular flexibility index (Phi) is 5.53. The van der Waals surface area contributed by atoms with Crippen molar-refractivity contribution in [3.63, 3.8) is 0 Å². The molecule has 7 heteroatoms. The molecule has 0 unspecified atom stereocenters. The highest BCUT2D eigenvalue weighted by Crippen LogP contribution is 2.35. The topological polar surface area (TPSA) is 64.5 Å². The molecule has 3 heterocycles. The summed E-state index contributed by atoms with van der Waals surface area (Å²) in [5.41, 5.74) is 4.35. The van der Waals surface area contributed by atoms with Gasteiger partial charge in [0.1, 0.15) is 6.61 Å². The minimum Gasteiger partial charge on any atom is -0.493 e. The van der Waals surface area contributed by atoms with Gasteiger partial charge in [-0.15, -0.1) is 11.3 Å². The number of pyridine rings is 1. The highest BCUT2D eigenvalue weighted by atomic mass is 32.1. The van der Waals surface area contributed by atoms with Crippen LogP contribution >= 0.6 is 11.3 Å². The summed E-state index contributed by atoms with van der Waals surface area (Å²) in [7, 11) is 1.58. The van der Waals surface area contributed by atoms with Crippen LogP contribution in [-0.4, -0.2) is 34.4 Å². The van der Waals surface area contributed by atoms with Crippen LogP contribution in [0.3, 0.4) is 0 Å². The van der Waals surface area contributed by atoms with E-state index in [2.05, 4.69) is 9.97 Å². The number of hydrogen-bond donors (Lipinski definition) is 0. The zero-order valence-electron chi connectivity index (χ0n) is 15.6. The third kappa shape index (κ3) is 3.84. The lowest BCUT2D eigenvalue weighted by Gasteiger charge is -2.25. The maximum absolute atomic E-state index is 13.2. The summed E-state index contributed by atoms with van der Waals surface area (Å²) in [6, 6.07) is 9.38. The second kappa shape index (κ2) is 8.39. The van der Waals surface area contributed by atoms with Crippen molar-refractivity contribution >= 4 is 17.2 Å². The van der Waals surface area contributed by atoms with Crippen molar-refractivity contribution in [2.75, 3.05) is 13.7 Å². The van der Waals surface area contributed by atoms with Gasteiger partial charge in [0.25, 0.3) is 5.91 Å². The standard InChI is InChI=1S/C21H21N3O3S/c1-26-20-11-16(4-5-19(20)27-12-17-13-28-14-23-17)21(25)24-10-2-3-18(24)15-6-8-22-9-7-15/h4-9,11,13-14,18H,2-3,10,12H2,1H3/t18-/m0/s1. The van der Waals surface area contributed by atoms with Gasteiger partial charge in [0.2, 0.25) is 0 Å². The summed E-state index contributed by atoms with van der Waals surface area (Å²) in [6.45, 7) is 1.11. The summed E-state index contributed by atoms with van der Waals surface area (Å²) in [5.74, 6) is 1.14. The monoisotopic (exact) mass is 395 g/mol. The van der Waals surface area contributed by atoms with Crippen LogP contribution in [0.25, 0.3) is 0 Å². The van der Waals surface area contributed by atoms with Gasteiger partial charge in [-0.25, -0.2) is 4.98 Å². The number of ether oxygens (including phenoxy) is 2. The second-order valence-electron chi connectivity index (χ2n) is 6.57. The van der Waals surface area contributed by atoms with E-state index in [0.717, 1.165) is 30.6 Å². The molecular weight excluding hydrogens is 374 g/mol. The third-order valence-electron chi connectivity index (χ3n) is 4.87.